The molecule has 0 unspecified atom stereocenters. The maximum Gasteiger partial charge on any atom is 0.119 e. The number of hydrogen-bond donors (Lipinski definition) is 3. The number of ether oxygens (including phenoxy) is 1. The molecule has 0 aromatic heterocycles. The van der Waals surface area contributed by atoms with Crippen LogP contribution in [0.2, 0.25) is 0 Å². The minimum absolute atomic E-state index is 0. The molecule has 4 N–H and O–H groups in total. The fraction of sp³-hybridized carbons (Fsp3) is 0.727. The first-order valence-corrected chi connectivity index (χ1v) is 10.4. The smallest absolute Gasteiger partial charge is 0.119 e. The van der Waals surface area contributed by atoms with Gasteiger partial charge in [-0.2, -0.15) is 0 Å². The van der Waals surface area contributed by atoms with E-state index in [-0.39, 0.29) is 25.6 Å². The lowest BCUT2D eigenvalue weighted by atomic mass is 9.86. The number of unbranched alkanes of at least 4 members (excludes halogenated alkanes) is 2. The average Bonchev–Trinajstić information content (AvgIpc) is 2.70. The second-order valence-electron chi connectivity index (χ2n) is 8.02. The predicted octanol–water partition coefficient (Wildman–Crippen LogP) is 4.24. The minimum Gasteiger partial charge on any atom is -0.494 e. The molecular formula is C22H38ClNO3. The average molecular weight is 400 g/mol. The Morgan fingerprint density at radius 2 is 1.63 bits per heavy atom. The molecule has 1 saturated carbocycles. The van der Waals surface area contributed by atoms with Crippen LogP contribution in [0, 0.1) is 5.92 Å². The van der Waals surface area contributed by atoms with Gasteiger partial charge in [0.05, 0.1) is 25.4 Å². The molecule has 4 nitrogen and oxygen atoms in total. The zero-order valence-electron chi connectivity index (χ0n) is 16.6. The number of nitrogens with two attached hydrogens (primary N) is 1. The van der Waals surface area contributed by atoms with Crippen LogP contribution in [0.4, 0.5) is 0 Å². The summed E-state index contributed by atoms with van der Waals surface area (Å²) in [6.07, 6.45) is 13.6. The second-order valence-corrected chi connectivity index (χ2v) is 8.02. The molecule has 0 aliphatic heterocycles. The van der Waals surface area contributed by atoms with E-state index in [1.165, 1.54) is 51.4 Å². The Kier molecular flexibility index (Phi) is 12.0. The topological polar surface area (TPSA) is 75.7 Å². The van der Waals surface area contributed by atoms with Gasteiger partial charge in [-0.05, 0) is 42.9 Å². The summed E-state index contributed by atoms with van der Waals surface area (Å²) in [5.41, 5.74) is 6.15. The highest BCUT2D eigenvalue weighted by Gasteiger charge is 2.22. The van der Waals surface area contributed by atoms with Crippen LogP contribution in [-0.2, 0) is 6.42 Å². The Hall–Kier alpha value is -0.810. The highest BCUT2D eigenvalue weighted by atomic mass is 35.5. The van der Waals surface area contributed by atoms with Crippen molar-refractivity contribution in [3.63, 3.8) is 0 Å². The highest BCUT2D eigenvalue weighted by Crippen LogP contribution is 2.27. The molecule has 5 heteroatoms. The summed E-state index contributed by atoms with van der Waals surface area (Å²) in [5.74, 6) is 1.89. The van der Waals surface area contributed by atoms with Gasteiger partial charge in [-0.15, -0.1) is 12.4 Å². The molecule has 0 spiro atoms. The van der Waals surface area contributed by atoms with E-state index >= 15 is 0 Å². The first-order valence-electron chi connectivity index (χ1n) is 10.4. The molecule has 1 aromatic carbocycles. The van der Waals surface area contributed by atoms with Crippen molar-refractivity contribution in [3.8, 4) is 5.75 Å². The van der Waals surface area contributed by atoms with E-state index in [9.17, 15) is 10.2 Å². The van der Waals surface area contributed by atoms with Crippen molar-refractivity contribution in [1.29, 1.82) is 0 Å². The summed E-state index contributed by atoms with van der Waals surface area (Å²) in [5, 5.41) is 18.5. The van der Waals surface area contributed by atoms with E-state index in [1.54, 1.807) is 0 Å². The van der Waals surface area contributed by atoms with Crippen molar-refractivity contribution in [2.75, 3.05) is 19.8 Å². The molecule has 1 aromatic rings. The molecule has 1 aliphatic rings. The summed E-state index contributed by atoms with van der Waals surface area (Å²) in [7, 11) is 0. The van der Waals surface area contributed by atoms with Gasteiger partial charge in [-0.1, -0.05) is 63.5 Å². The van der Waals surface area contributed by atoms with Crippen molar-refractivity contribution in [2.24, 2.45) is 11.7 Å². The normalized spacial score (nSPS) is 15.4. The Morgan fingerprint density at radius 1 is 0.963 bits per heavy atom. The maximum atomic E-state index is 9.24. The van der Waals surface area contributed by atoms with Crippen LogP contribution in [0.15, 0.2) is 24.3 Å². The third-order valence-corrected chi connectivity index (χ3v) is 5.71. The molecule has 0 atom stereocenters. The van der Waals surface area contributed by atoms with Gasteiger partial charge >= 0.3 is 0 Å². The first-order chi connectivity index (χ1) is 12.6. The van der Waals surface area contributed by atoms with Gasteiger partial charge in [0.2, 0.25) is 0 Å². The van der Waals surface area contributed by atoms with E-state index in [0.717, 1.165) is 36.7 Å². The highest BCUT2D eigenvalue weighted by molar-refractivity contribution is 5.85. The summed E-state index contributed by atoms with van der Waals surface area (Å²) in [4.78, 5) is 0. The van der Waals surface area contributed by atoms with Crippen LogP contribution < -0.4 is 10.5 Å². The number of benzene rings is 1. The Bertz CT molecular complexity index is 485. The molecule has 0 bridgehead atoms. The number of hydrogen-bond acceptors (Lipinski definition) is 4. The lowest BCUT2D eigenvalue weighted by Gasteiger charge is -2.24. The van der Waals surface area contributed by atoms with Gasteiger partial charge in [0.1, 0.15) is 5.75 Å². The number of aliphatic hydroxyl groups excluding tert-OH is 2. The van der Waals surface area contributed by atoms with E-state index in [0.29, 0.717) is 6.42 Å². The fourth-order valence-corrected chi connectivity index (χ4v) is 3.73. The minimum atomic E-state index is -0.896. The van der Waals surface area contributed by atoms with Crippen molar-refractivity contribution in [1.82, 2.24) is 0 Å². The molecule has 0 heterocycles. The summed E-state index contributed by atoms with van der Waals surface area (Å²) < 4.78 is 5.84. The molecule has 0 amide bonds. The fourth-order valence-electron chi connectivity index (χ4n) is 3.73. The SMILES string of the molecule is Cl.NC(CO)(CO)CCc1ccc(OCCCCCC2CCCCC2)cc1. The van der Waals surface area contributed by atoms with Crippen molar-refractivity contribution >= 4 is 12.4 Å². The second kappa shape index (κ2) is 13.4. The summed E-state index contributed by atoms with van der Waals surface area (Å²) in [6, 6.07) is 8.06. The van der Waals surface area contributed by atoms with Crippen molar-refractivity contribution in [3.05, 3.63) is 29.8 Å². The number of rotatable bonds is 12. The number of aliphatic hydroxyl groups is 2. The summed E-state index contributed by atoms with van der Waals surface area (Å²) >= 11 is 0. The predicted molar refractivity (Wildman–Crippen MR) is 114 cm³/mol. The lowest BCUT2D eigenvalue weighted by molar-refractivity contribution is 0.115. The van der Waals surface area contributed by atoms with Gasteiger partial charge < -0.3 is 20.7 Å². The molecule has 27 heavy (non-hydrogen) atoms. The zero-order valence-corrected chi connectivity index (χ0v) is 17.4. The standard InChI is InChI=1S/C22H37NO3.ClH/c23-22(17-24,18-25)15-14-20-10-12-21(13-11-20)26-16-6-2-5-9-19-7-3-1-4-8-19;/h10-13,19,24-25H,1-9,14-18,23H2;1H. The molecule has 1 fully saturated rings. The largest absolute Gasteiger partial charge is 0.494 e. The van der Waals surface area contributed by atoms with Crippen LogP contribution in [0.1, 0.15) is 69.8 Å². The van der Waals surface area contributed by atoms with E-state index < -0.39 is 5.54 Å². The van der Waals surface area contributed by atoms with Gasteiger partial charge in [0.15, 0.2) is 0 Å². The first kappa shape index (κ1) is 24.2. The molecule has 156 valence electrons. The van der Waals surface area contributed by atoms with Crippen molar-refractivity contribution in [2.45, 2.75) is 76.2 Å². The molecule has 0 saturated heterocycles. The summed E-state index contributed by atoms with van der Waals surface area (Å²) in [6.45, 7) is 0.377. The Morgan fingerprint density at radius 3 is 2.26 bits per heavy atom. The third kappa shape index (κ3) is 9.29. The van der Waals surface area contributed by atoms with Gasteiger partial charge in [0.25, 0.3) is 0 Å². The quantitative estimate of drug-likeness (QED) is 0.459. The molecule has 1 aliphatic carbocycles. The van der Waals surface area contributed by atoms with E-state index in [2.05, 4.69) is 0 Å². The Labute approximate surface area is 170 Å². The molecule has 0 radical (unpaired) electrons. The van der Waals surface area contributed by atoms with E-state index in [4.69, 9.17) is 10.5 Å². The maximum absolute atomic E-state index is 9.24. The zero-order chi connectivity index (χ0) is 18.7. The number of halogens is 1. The van der Waals surface area contributed by atoms with Crippen LogP contribution >= 0.6 is 12.4 Å². The molecule has 2 rings (SSSR count). The van der Waals surface area contributed by atoms with Gasteiger partial charge in [-0.25, -0.2) is 0 Å². The lowest BCUT2D eigenvalue weighted by Crippen LogP contribution is -2.47. The number of aryl methyl sites for hydroxylation is 1. The van der Waals surface area contributed by atoms with Crippen LogP contribution in [0.5, 0.6) is 5.75 Å². The van der Waals surface area contributed by atoms with E-state index in [1.807, 2.05) is 24.3 Å². The van der Waals surface area contributed by atoms with Gasteiger partial charge in [0, 0.05) is 0 Å². The van der Waals surface area contributed by atoms with Gasteiger partial charge in [-0.3, -0.25) is 0 Å². The third-order valence-electron chi connectivity index (χ3n) is 5.71. The monoisotopic (exact) mass is 399 g/mol. The Balaban J connectivity index is 0.00000364. The van der Waals surface area contributed by atoms with Crippen LogP contribution in [0.25, 0.3) is 0 Å². The molecular weight excluding hydrogens is 362 g/mol. The van der Waals surface area contributed by atoms with Crippen LogP contribution in [-0.4, -0.2) is 35.6 Å². The van der Waals surface area contributed by atoms with Crippen LogP contribution in [0.3, 0.4) is 0 Å². The van der Waals surface area contributed by atoms with Crippen molar-refractivity contribution < 1.29 is 14.9 Å².